The second kappa shape index (κ2) is 6.21. The molecule has 0 aromatic heterocycles. The molecule has 1 saturated carbocycles. The molecule has 0 unspecified atom stereocenters. The summed E-state index contributed by atoms with van der Waals surface area (Å²) in [5.41, 5.74) is 0. The van der Waals surface area contributed by atoms with Crippen molar-refractivity contribution in [3.8, 4) is 0 Å². The predicted molar refractivity (Wildman–Crippen MR) is 64.5 cm³/mol. The molecule has 106 valence electrons. The molecule has 0 atom stereocenters. The summed E-state index contributed by atoms with van der Waals surface area (Å²) < 4.78 is 36.6. The van der Waals surface area contributed by atoms with E-state index in [0.29, 0.717) is 13.1 Å². The van der Waals surface area contributed by atoms with Gasteiger partial charge in [0.1, 0.15) is 0 Å². The van der Waals surface area contributed by atoms with Gasteiger partial charge in [0.05, 0.1) is 6.54 Å². The Morgan fingerprint density at radius 1 is 1.00 bits per heavy atom. The summed E-state index contributed by atoms with van der Waals surface area (Å²) in [6.07, 6.45) is -1.36. The number of alkyl halides is 3. The van der Waals surface area contributed by atoms with Crippen LogP contribution >= 0.6 is 0 Å². The summed E-state index contributed by atoms with van der Waals surface area (Å²) in [5, 5.41) is 3.41. The number of piperazine rings is 1. The third-order valence-electron chi connectivity index (χ3n) is 3.60. The van der Waals surface area contributed by atoms with Crippen LogP contribution in [-0.2, 0) is 0 Å². The van der Waals surface area contributed by atoms with E-state index in [2.05, 4.69) is 10.2 Å². The van der Waals surface area contributed by atoms with Crippen molar-refractivity contribution in [2.45, 2.75) is 19.0 Å². The third-order valence-corrected chi connectivity index (χ3v) is 3.60. The van der Waals surface area contributed by atoms with Crippen molar-refractivity contribution in [1.82, 2.24) is 15.1 Å². The Kier molecular flexibility index (Phi) is 4.86. The van der Waals surface area contributed by atoms with Crippen LogP contribution in [0.15, 0.2) is 0 Å². The lowest BCUT2D eigenvalue weighted by Gasteiger charge is -2.34. The first-order valence-corrected chi connectivity index (χ1v) is 6.75. The highest BCUT2D eigenvalue weighted by atomic mass is 19.4. The molecule has 0 spiro atoms. The highest BCUT2D eigenvalue weighted by Gasteiger charge is 2.31. The zero-order valence-corrected chi connectivity index (χ0v) is 10.7. The molecule has 0 radical (unpaired) electrons. The third kappa shape index (κ3) is 5.54. The molecule has 0 aromatic carbocycles. The van der Waals surface area contributed by atoms with E-state index >= 15 is 0 Å². The number of nitrogens with one attached hydrogen (secondary N) is 1. The molecule has 2 rings (SSSR count). The standard InChI is InChI=1S/C12H22F3N3/c13-12(14,15)10-18-7-5-17(6-8-18)4-3-16-9-11-1-2-11/h11,16H,1-10H2. The second-order valence-electron chi connectivity index (χ2n) is 5.38. The maximum absolute atomic E-state index is 12.2. The highest BCUT2D eigenvalue weighted by molar-refractivity contribution is 4.77. The van der Waals surface area contributed by atoms with Gasteiger partial charge in [0.2, 0.25) is 0 Å². The van der Waals surface area contributed by atoms with Crippen molar-refractivity contribution in [3.63, 3.8) is 0 Å². The van der Waals surface area contributed by atoms with Gasteiger partial charge in [-0.2, -0.15) is 13.2 Å². The fraction of sp³-hybridized carbons (Fsp3) is 1.00. The molecule has 1 heterocycles. The molecule has 2 fully saturated rings. The minimum absolute atomic E-state index is 0.530. The SMILES string of the molecule is FC(F)(F)CN1CCN(CCNCC2CC2)CC1. The van der Waals surface area contributed by atoms with Gasteiger partial charge in [-0.25, -0.2) is 0 Å². The fourth-order valence-corrected chi connectivity index (χ4v) is 2.29. The lowest BCUT2D eigenvalue weighted by Crippen LogP contribution is -2.50. The van der Waals surface area contributed by atoms with Crippen LogP contribution in [-0.4, -0.2) is 68.3 Å². The molecule has 2 aliphatic rings. The summed E-state index contributed by atoms with van der Waals surface area (Å²) in [6.45, 7) is 4.81. The minimum atomic E-state index is -4.06. The molecule has 3 nitrogen and oxygen atoms in total. The van der Waals surface area contributed by atoms with E-state index in [1.165, 1.54) is 17.7 Å². The highest BCUT2D eigenvalue weighted by Crippen LogP contribution is 2.27. The first-order valence-electron chi connectivity index (χ1n) is 6.75. The van der Waals surface area contributed by atoms with Gasteiger partial charge in [0.25, 0.3) is 0 Å². The Morgan fingerprint density at radius 3 is 2.17 bits per heavy atom. The molecule has 1 saturated heterocycles. The summed E-state index contributed by atoms with van der Waals surface area (Å²) in [7, 11) is 0. The molecule has 1 aliphatic heterocycles. The van der Waals surface area contributed by atoms with Gasteiger partial charge in [-0.1, -0.05) is 0 Å². The zero-order valence-electron chi connectivity index (χ0n) is 10.7. The van der Waals surface area contributed by atoms with Gasteiger partial charge < -0.3 is 5.32 Å². The van der Waals surface area contributed by atoms with E-state index in [1.54, 1.807) is 0 Å². The number of hydrogen-bond donors (Lipinski definition) is 1. The lowest BCUT2D eigenvalue weighted by molar-refractivity contribution is -0.149. The smallest absolute Gasteiger partial charge is 0.315 e. The number of hydrogen-bond acceptors (Lipinski definition) is 3. The summed E-state index contributed by atoms with van der Waals surface area (Å²) in [6, 6.07) is 0. The van der Waals surface area contributed by atoms with Crippen LogP contribution in [0.1, 0.15) is 12.8 Å². The second-order valence-corrected chi connectivity index (χ2v) is 5.38. The molecule has 6 heteroatoms. The minimum Gasteiger partial charge on any atom is -0.315 e. The topological polar surface area (TPSA) is 18.5 Å². The van der Waals surface area contributed by atoms with E-state index in [-0.39, 0.29) is 0 Å². The van der Waals surface area contributed by atoms with Gasteiger partial charge in [-0.05, 0) is 25.3 Å². The molecular formula is C12H22F3N3. The van der Waals surface area contributed by atoms with Crippen LogP contribution in [0.5, 0.6) is 0 Å². The van der Waals surface area contributed by atoms with Crippen molar-refractivity contribution in [2.24, 2.45) is 5.92 Å². The molecule has 0 aromatic rings. The lowest BCUT2D eigenvalue weighted by atomic mass is 10.3. The van der Waals surface area contributed by atoms with Gasteiger partial charge in [-0.15, -0.1) is 0 Å². The Hall–Kier alpha value is -0.330. The van der Waals surface area contributed by atoms with Gasteiger partial charge in [0.15, 0.2) is 0 Å². The quantitative estimate of drug-likeness (QED) is 0.727. The number of nitrogens with zero attached hydrogens (tertiary/aromatic N) is 2. The van der Waals surface area contributed by atoms with E-state index in [1.807, 2.05) is 0 Å². The Labute approximate surface area is 106 Å². The van der Waals surface area contributed by atoms with E-state index in [4.69, 9.17) is 0 Å². The average Bonchev–Trinajstić information content (AvgIpc) is 3.08. The van der Waals surface area contributed by atoms with E-state index in [0.717, 1.165) is 38.6 Å². The van der Waals surface area contributed by atoms with Gasteiger partial charge in [-0.3, -0.25) is 9.80 Å². The zero-order chi connectivity index (χ0) is 13.0. The monoisotopic (exact) mass is 265 g/mol. The molecule has 1 N–H and O–H groups in total. The van der Waals surface area contributed by atoms with Crippen molar-refractivity contribution >= 4 is 0 Å². The Balaban J connectivity index is 1.52. The molecular weight excluding hydrogens is 243 g/mol. The predicted octanol–water partition coefficient (Wildman–Crippen LogP) is 1.17. The van der Waals surface area contributed by atoms with Crippen LogP contribution in [0.3, 0.4) is 0 Å². The van der Waals surface area contributed by atoms with E-state index < -0.39 is 12.7 Å². The molecule has 0 amide bonds. The maximum atomic E-state index is 12.2. The largest absolute Gasteiger partial charge is 0.401 e. The van der Waals surface area contributed by atoms with Crippen LogP contribution < -0.4 is 5.32 Å². The summed E-state index contributed by atoms with van der Waals surface area (Å²) >= 11 is 0. The van der Waals surface area contributed by atoms with Crippen molar-refractivity contribution in [2.75, 3.05) is 52.4 Å². The van der Waals surface area contributed by atoms with Crippen LogP contribution in [0.4, 0.5) is 13.2 Å². The Bertz CT molecular complexity index is 245. The average molecular weight is 265 g/mol. The van der Waals surface area contributed by atoms with Crippen LogP contribution in [0.25, 0.3) is 0 Å². The van der Waals surface area contributed by atoms with Crippen molar-refractivity contribution in [1.29, 1.82) is 0 Å². The van der Waals surface area contributed by atoms with Crippen LogP contribution in [0.2, 0.25) is 0 Å². The van der Waals surface area contributed by atoms with Crippen LogP contribution in [0, 0.1) is 5.92 Å². The van der Waals surface area contributed by atoms with Gasteiger partial charge >= 0.3 is 6.18 Å². The number of rotatable bonds is 6. The van der Waals surface area contributed by atoms with Crippen molar-refractivity contribution < 1.29 is 13.2 Å². The van der Waals surface area contributed by atoms with E-state index in [9.17, 15) is 13.2 Å². The molecule has 18 heavy (non-hydrogen) atoms. The molecule has 0 bridgehead atoms. The first kappa shape index (κ1) is 14.1. The summed E-state index contributed by atoms with van der Waals surface area (Å²) in [4.78, 5) is 3.74. The Morgan fingerprint density at radius 2 is 1.61 bits per heavy atom. The first-order chi connectivity index (χ1) is 8.53. The molecule has 1 aliphatic carbocycles. The normalized spacial score (nSPS) is 23.5. The van der Waals surface area contributed by atoms with Crippen molar-refractivity contribution in [3.05, 3.63) is 0 Å². The maximum Gasteiger partial charge on any atom is 0.401 e. The number of halogens is 3. The summed E-state index contributed by atoms with van der Waals surface area (Å²) in [5.74, 6) is 0.883. The fourth-order valence-electron chi connectivity index (χ4n) is 2.29. The van der Waals surface area contributed by atoms with Gasteiger partial charge in [0, 0.05) is 39.3 Å².